The normalized spacial score (nSPS) is 9.00. The summed E-state index contributed by atoms with van der Waals surface area (Å²) in [6.07, 6.45) is 3.88. The monoisotopic (exact) mass is 64.0 g/mol. The fraction of sp³-hybridized carbons (Fsp3) is 0. The highest BCUT2D eigenvalue weighted by molar-refractivity contribution is 4.96. The average Bonchev–Trinajstić information content (AvgIpc) is 1.41. The van der Waals surface area contributed by atoms with Gasteiger partial charge in [-0.05, 0) is 13.5 Å². The first-order valence-electron chi connectivity index (χ1n) is 1.29. The Kier molecular flexibility index (Phi) is 3.12. The predicted octanol–water partition coefficient (Wildman–Crippen LogP) is 1.12. The quantitative estimate of drug-likeness (QED) is 0.401. The number of rotatable bonds is 1. The zero-order chi connectivity index (χ0) is 4.12. The standard InChI is InChI=1S/C5H4/c1-3-5-4-2/h1,3-5H. The summed E-state index contributed by atoms with van der Waals surface area (Å²) in [5, 5.41) is 0. The summed E-state index contributed by atoms with van der Waals surface area (Å²) < 4.78 is 0. The Morgan fingerprint density at radius 2 is 2.20 bits per heavy atom. The van der Waals surface area contributed by atoms with Crippen molar-refractivity contribution < 1.29 is 0 Å². The lowest BCUT2D eigenvalue weighted by Crippen LogP contribution is -1.34. The molecule has 0 spiro atoms. The summed E-state index contributed by atoms with van der Waals surface area (Å²) in [5.74, 6) is 0. The third-order valence-electron chi connectivity index (χ3n) is 0.207. The first-order chi connectivity index (χ1) is 2.41. The molecule has 0 aromatic rings. The Morgan fingerprint density at radius 1 is 1.60 bits per heavy atom. The molecule has 5 heavy (non-hydrogen) atoms. The van der Waals surface area contributed by atoms with Crippen molar-refractivity contribution in [2.45, 2.75) is 0 Å². The number of allylic oxidation sites excluding steroid dienone is 3. The molecule has 0 fully saturated rings. The van der Waals surface area contributed by atoms with Crippen LogP contribution in [0.5, 0.6) is 0 Å². The van der Waals surface area contributed by atoms with E-state index in [9.17, 15) is 0 Å². The summed E-state index contributed by atoms with van der Waals surface area (Å²) >= 11 is 0. The molecule has 0 aliphatic carbocycles. The molecule has 0 N–H and O–H groups in total. The lowest BCUT2D eigenvalue weighted by molar-refractivity contribution is 1.97. The summed E-state index contributed by atoms with van der Waals surface area (Å²) in [5.41, 5.74) is 0. The fourth-order valence-corrected chi connectivity index (χ4v) is 0.0556. The van der Waals surface area contributed by atoms with Gasteiger partial charge in [0.2, 0.25) is 0 Å². The Hall–Kier alpha value is -0.520. The van der Waals surface area contributed by atoms with Gasteiger partial charge in [0.1, 0.15) is 0 Å². The summed E-state index contributed by atoms with van der Waals surface area (Å²) in [6.45, 7) is 11.1. The number of hydrogen-bond donors (Lipinski definition) is 0. The Balaban J connectivity index is 2.92. The molecular weight excluding hydrogens is 60.1 g/mol. The van der Waals surface area contributed by atoms with Gasteiger partial charge in [-0.25, -0.2) is 0 Å². The van der Waals surface area contributed by atoms with Gasteiger partial charge in [-0.2, -0.15) is 0 Å². The second-order valence-electron chi connectivity index (χ2n) is 0.552. The largest absolute Gasteiger partial charge is 0.0802 e. The van der Waals surface area contributed by atoms with Crippen molar-refractivity contribution in [2.24, 2.45) is 0 Å². The molecule has 0 unspecified atom stereocenters. The van der Waals surface area contributed by atoms with Crippen molar-refractivity contribution in [3.05, 3.63) is 31.7 Å². The fourth-order valence-electron chi connectivity index (χ4n) is 0.0556. The molecule has 0 heteroatoms. The van der Waals surface area contributed by atoms with Crippen LogP contribution in [0.2, 0.25) is 0 Å². The molecule has 0 amide bonds. The highest BCUT2D eigenvalue weighted by atomic mass is 13.5. The predicted molar refractivity (Wildman–Crippen MR) is 21.3 cm³/mol. The van der Waals surface area contributed by atoms with Gasteiger partial charge in [-0.15, -0.1) is 0 Å². The van der Waals surface area contributed by atoms with Gasteiger partial charge in [0.15, 0.2) is 0 Å². The van der Waals surface area contributed by atoms with Crippen LogP contribution in [0.4, 0.5) is 0 Å². The molecule has 24 valence electrons. The zero-order valence-electron chi connectivity index (χ0n) is 2.81. The summed E-state index contributed by atoms with van der Waals surface area (Å²) in [7, 11) is 0. The summed E-state index contributed by atoms with van der Waals surface area (Å²) in [4.78, 5) is 0. The van der Waals surface area contributed by atoms with Crippen molar-refractivity contribution in [2.75, 3.05) is 0 Å². The van der Waals surface area contributed by atoms with Gasteiger partial charge < -0.3 is 0 Å². The van der Waals surface area contributed by atoms with Crippen LogP contribution in [0.15, 0.2) is 18.2 Å². The van der Waals surface area contributed by atoms with Crippen LogP contribution in [-0.2, 0) is 0 Å². The minimum atomic E-state index is 1.12. The van der Waals surface area contributed by atoms with Crippen LogP contribution < -0.4 is 0 Å². The van der Waals surface area contributed by atoms with E-state index >= 15 is 0 Å². The summed E-state index contributed by atoms with van der Waals surface area (Å²) in [6, 6.07) is 0. The minimum absolute atomic E-state index is 1.12. The van der Waals surface area contributed by atoms with Crippen molar-refractivity contribution in [1.29, 1.82) is 0 Å². The third kappa shape index (κ3) is 3.48. The Morgan fingerprint density at radius 3 is 2.20 bits per heavy atom. The van der Waals surface area contributed by atoms with Crippen LogP contribution in [0.3, 0.4) is 0 Å². The number of hydrogen-bond acceptors (Lipinski definition) is 0. The highest BCUT2D eigenvalue weighted by Crippen LogP contribution is 1.63. The van der Waals surface area contributed by atoms with Crippen LogP contribution in [0.25, 0.3) is 0 Å². The Labute approximate surface area is 32.8 Å². The molecule has 0 aliphatic heterocycles. The first kappa shape index (κ1) is 4.48. The van der Waals surface area contributed by atoms with Gasteiger partial charge >= 0.3 is 0 Å². The van der Waals surface area contributed by atoms with Crippen molar-refractivity contribution in [3.63, 3.8) is 0 Å². The topological polar surface area (TPSA) is 0 Å². The maximum absolute atomic E-state index is 6.31. The first-order valence-corrected chi connectivity index (χ1v) is 1.29. The van der Waals surface area contributed by atoms with Crippen LogP contribution >= 0.6 is 0 Å². The van der Waals surface area contributed by atoms with E-state index in [0.29, 0.717) is 0 Å². The van der Waals surface area contributed by atoms with E-state index in [0.717, 1.165) is 6.08 Å². The molecule has 0 aliphatic rings. The minimum Gasteiger partial charge on any atom is -0.0802 e. The molecule has 0 aromatic heterocycles. The van der Waals surface area contributed by atoms with E-state index < -0.39 is 0 Å². The van der Waals surface area contributed by atoms with Gasteiger partial charge in [-0.1, -0.05) is 18.2 Å². The second kappa shape index (κ2) is 3.48. The lowest BCUT2D eigenvalue weighted by atomic mass is 10.5. The van der Waals surface area contributed by atoms with Crippen LogP contribution in [-0.4, -0.2) is 0 Å². The average molecular weight is 64.1 g/mol. The smallest absolute Gasteiger partial charge is 0.00925 e. The molecule has 0 heterocycles. The molecule has 0 saturated heterocycles. The van der Waals surface area contributed by atoms with Gasteiger partial charge in [0, 0.05) is 0 Å². The van der Waals surface area contributed by atoms with Gasteiger partial charge in [0.25, 0.3) is 0 Å². The van der Waals surface area contributed by atoms with Crippen LogP contribution in [0.1, 0.15) is 0 Å². The van der Waals surface area contributed by atoms with E-state index in [2.05, 4.69) is 0 Å². The Bertz CT molecular complexity index is 42.0. The van der Waals surface area contributed by atoms with Crippen molar-refractivity contribution in [3.8, 4) is 0 Å². The molecule has 0 bridgehead atoms. The second-order valence-corrected chi connectivity index (χ2v) is 0.552. The molecule has 0 nitrogen and oxygen atoms in total. The molecule has 0 aromatic carbocycles. The van der Waals surface area contributed by atoms with E-state index in [1.807, 2.05) is 0 Å². The van der Waals surface area contributed by atoms with Crippen molar-refractivity contribution >= 4 is 0 Å². The van der Waals surface area contributed by atoms with Crippen LogP contribution in [0, 0.1) is 13.5 Å². The zero-order valence-corrected chi connectivity index (χ0v) is 2.81. The SMILES string of the molecule is [C]=CC=C[CH]. The molecule has 4 radical (unpaired) electrons. The maximum Gasteiger partial charge on any atom is -0.00925 e. The van der Waals surface area contributed by atoms with Crippen molar-refractivity contribution in [1.82, 2.24) is 0 Å². The molecule has 0 saturated carbocycles. The van der Waals surface area contributed by atoms with E-state index in [-0.39, 0.29) is 0 Å². The van der Waals surface area contributed by atoms with E-state index in [4.69, 9.17) is 13.5 Å². The maximum atomic E-state index is 6.31. The molecular formula is C5H4. The highest BCUT2D eigenvalue weighted by Gasteiger charge is 1.43. The van der Waals surface area contributed by atoms with Gasteiger partial charge in [0.05, 0.1) is 0 Å². The lowest BCUT2D eigenvalue weighted by Gasteiger charge is -1.54. The third-order valence-corrected chi connectivity index (χ3v) is 0.207. The van der Waals surface area contributed by atoms with Gasteiger partial charge in [-0.3, -0.25) is 0 Å². The van der Waals surface area contributed by atoms with E-state index in [1.54, 1.807) is 0 Å². The molecule has 0 atom stereocenters. The molecule has 0 rings (SSSR count). The van der Waals surface area contributed by atoms with E-state index in [1.165, 1.54) is 12.2 Å².